The molecule has 0 amide bonds. The normalized spacial score (nSPS) is 11.5. The fraction of sp³-hybridized carbons (Fsp3) is 0.571. The molecular formula is C14H20Br2. The minimum absolute atomic E-state index is 0.684. The van der Waals surface area contributed by atoms with E-state index in [1.165, 1.54) is 20.1 Å². The number of rotatable bonds is 4. The van der Waals surface area contributed by atoms with Crippen LogP contribution in [0.3, 0.4) is 0 Å². The molecule has 0 bridgehead atoms. The standard InChI is InChI=1S/C14H20Br2/c1-9(2)5-11-7-13(15)12(6-10(3)4)14(16)8-11/h7-10H,5-6H2,1-4H3. The van der Waals surface area contributed by atoms with Crippen molar-refractivity contribution >= 4 is 31.9 Å². The molecule has 0 aliphatic rings. The Morgan fingerprint density at radius 2 is 1.31 bits per heavy atom. The Morgan fingerprint density at radius 3 is 1.69 bits per heavy atom. The molecule has 1 aromatic rings. The SMILES string of the molecule is CC(C)Cc1cc(Br)c(CC(C)C)c(Br)c1. The predicted octanol–water partition coefficient (Wildman–Crippen LogP) is 5.61. The van der Waals surface area contributed by atoms with E-state index in [-0.39, 0.29) is 0 Å². The van der Waals surface area contributed by atoms with Crippen molar-refractivity contribution < 1.29 is 0 Å². The molecule has 0 nitrogen and oxygen atoms in total. The molecule has 0 atom stereocenters. The first kappa shape index (κ1) is 14.2. The van der Waals surface area contributed by atoms with Gasteiger partial charge in [0.05, 0.1) is 0 Å². The van der Waals surface area contributed by atoms with Crippen LogP contribution in [0.5, 0.6) is 0 Å². The van der Waals surface area contributed by atoms with E-state index in [2.05, 4.69) is 71.7 Å². The molecule has 0 N–H and O–H groups in total. The van der Waals surface area contributed by atoms with E-state index in [9.17, 15) is 0 Å². The summed E-state index contributed by atoms with van der Waals surface area (Å²) in [5.41, 5.74) is 2.80. The maximum absolute atomic E-state index is 3.69. The van der Waals surface area contributed by atoms with Gasteiger partial charge in [0, 0.05) is 8.95 Å². The molecule has 90 valence electrons. The minimum Gasteiger partial charge on any atom is -0.0625 e. The summed E-state index contributed by atoms with van der Waals surface area (Å²) in [7, 11) is 0. The van der Waals surface area contributed by atoms with E-state index < -0.39 is 0 Å². The zero-order valence-corrected chi connectivity index (χ0v) is 13.7. The van der Waals surface area contributed by atoms with Gasteiger partial charge in [-0.05, 0) is 47.9 Å². The summed E-state index contributed by atoms with van der Waals surface area (Å²) >= 11 is 7.37. The second-order valence-corrected chi connectivity index (χ2v) is 6.94. The van der Waals surface area contributed by atoms with Gasteiger partial charge >= 0.3 is 0 Å². The smallest absolute Gasteiger partial charge is 0.0221 e. The fourth-order valence-electron chi connectivity index (χ4n) is 1.85. The van der Waals surface area contributed by atoms with Crippen molar-refractivity contribution in [1.82, 2.24) is 0 Å². The van der Waals surface area contributed by atoms with E-state index in [0.29, 0.717) is 11.8 Å². The van der Waals surface area contributed by atoms with Gasteiger partial charge in [-0.3, -0.25) is 0 Å². The Morgan fingerprint density at radius 1 is 0.875 bits per heavy atom. The predicted molar refractivity (Wildman–Crippen MR) is 78.9 cm³/mol. The third-order valence-corrected chi connectivity index (χ3v) is 3.87. The lowest BCUT2D eigenvalue weighted by Gasteiger charge is -2.13. The van der Waals surface area contributed by atoms with Gasteiger partial charge < -0.3 is 0 Å². The number of benzene rings is 1. The van der Waals surface area contributed by atoms with Gasteiger partial charge in [-0.1, -0.05) is 59.6 Å². The first-order valence-electron chi connectivity index (χ1n) is 5.87. The van der Waals surface area contributed by atoms with E-state index in [4.69, 9.17) is 0 Å². The minimum atomic E-state index is 0.684. The van der Waals surface area contributed by atoms with Crippen molar-refractivity contribution in [3.63, 3.8) is 0 Å². The molecule has 0 radical (unpaired) electrons. The van der Waals surface area contributed by atoms with Crippen LogP contribution in [0, 0.1) is 11.8 Å². The summed E-state index contributed by atoms with van der Waals surface area (Å²) in [5.74, 6) is 1.39. The summed E-state index contributed by atoms with van der Waals surface area (Å²) in [6.07, 6.45) is 2.25. The van der Waals surface area contributed by atoms with Crippen molar-refractivity contribution in [1.29, 1.82) is 0 Å². The highest BCUT2D eigenvalue weighted by Gasteiger charge is 2.10. The van der Waals surface area contributed by atoms with Gasteiger partial charge in [0.2, 0.25) is 0 Å². The molecule has 0 heterocycles. The lowest BCUT2D eigenvalue weighted by molar-refractivity contribution is 0.637. The Bertz CT molecular complexity index is 331. The highest BCUT2D eigenvalue weighted by Crippen LogP contribution is 2.30. The monoisotopic (exact) mass is 346 g/mol. The van der Waals surface area contributed by atoms with Gasteiger partial charge in [-0.15, -0.1) is 0 Å². The highest BCUT2D eigenvalue weighted by atomic mass is 79.9. The van der Waals surface area contributed by atoms with Crippen LogP contribution in [-0.4, -0.2) is 0 Å². The van der Waals surface area contributed by atoms with E-state index in [1.807, 2.05) is 0 Å². The Kier molecular flexibility index (Phi) is 5.52. The van der Waals surface area contributed by atoms with Gasteiger partial charge in [0.25, 0.3) is 0 Å². The molecule has 2 heteroatoms. The zero-order chi connectivity index (χ0) is 12.3. The first-order chi connectivity index (χ1) is 7.40. The topological polar surface area (TPSA) is 0 Å². The van der Waals surface area contributed by atoms with E-state index >= 15 is 0 Å². The molecule has 16 heavy (non-hydrogen) atoms. The van der Waals surface area contributed by atoms with Crippen molar-refractivity contribution in [3.05, 3.63) is 32.2 Å². The average Bonchev–Trinajstić information content (AvgIpc) is 2.10. The summed E-state index contributed by atoms with van der Waals surface area (Å²) in [6, 6.07) is 4.53. The number of hydrogen-bond donors (Lipinski definition) is 0. The van der Waals surface area contributed by atoms with Crippen LogP contribution >= 0.6 is 31.9 Å². The summed E-state index contributed by atoms with van der Waals surface area (Å²) in [5, 5.41) is 0. The molecule has 0 spiro atoms. The molecule has 1 rings (SSSR count). The lowest BCUT2D eigenvalue weighted by Crippen LogP contribution is -2.00. The van der Waals surface area contributed by atoms with Crippen LogP contribution in [0.4, 0.5) is 0 Å². The molecule has 0 unspecified atom stereocenters. The van der Waals surface area contributed by atoms with Crippen LogP contribution < -0.4 is 0 Å². The van der Waals surface area contributed by atoms with E-state index in [1.54, 1.807) is 0 Å². The first-order valence-corrected chi connectivity index (χ1v) is 7.45. The van der Waals surface area contributed by atoms with E-state index in [0.717, 1.165) is 12.8 Å². The summed E-state index contributed by atoms with van der Waals surface area (Å²) in [6.45, 7) is 9.01. The Labute approximate surface area is 116 Å². The molecule has 0 saturated heterocycles. The Balaban J connectivity index is 2.98. The van der Waals surface area contributed by atoms with Crippen LogP contribution in [0.15, 0.2) is 21.1 Å². The maximum atomic E-state index is 3.69. The third kappa shape index (κ3) is 4.21. The zero-order valence-electron chi connectivity index (χ0n) is 10.5. The van der Waals surface area contributed by atoms with Gasteiger partial charge in [-0.25, -0.2) is 0 Å². The van der Waals surface area contributed by atoms with Crippen molar-refractivity contribution in [2.45, 2.75) is 40.5 Å². The average molecular weight is 348 g/mol. The van der Waals surface area contributed by atoms with Crippen LogP contribution in [0.25, 0.3) is 0 Å². The van der Waals surface area contributed by atoms with Crippen molar-refractivity contribution in [3.8, 4) is 0 Å². The van der Waals surface area contributed by atoms with Crippen LogP contribution in [0.2, 0.25) is 0 Å². The van der Waals surface area contributed by atoms with Crippen LogP contribution in [0.1, 0.15) is 38.8 Å². The van der Waals surface area contributed by atoms with Crippen LogP contribution in [-0.2, 0) is 12.8 Å². The highest BCUT2D eigenvalue weighted by molar-refractivity contribution is 9.11. The second-order valence-electron chi connectivity index (χ2n) is 5.23. The molecular weight excluding hydrogens is 328 g/mol. The number of hydrogen-bond acceptors (Lipinski definition) is 0. The quantitative estimate of drug-likeness (QED) is 0.664. The molecule has 0 aliphatic carbocycles. The molecule has 0 saturated carbocycles. The summed E-state index contributed by atoms with van der Waals surface area (Å²) < 4.78 is 2.48. The number of halogens is 2. The molecule has 0 aliphatic heterocycles. The van der Waals surface area contributed by atoms with Crippen molar-refractivity contribution in [2.24, 2.45) is 11.8 Å². The van der Waals surface area contributed by atoms with Gasteiger partial charge in [0.1, 0.15) is 0 Å². The second kappa shape index (κ2) is 6.20. The lowest BCUT2D eigenvalue weighted by atomic mass is 9.98. The maximum Gasteiger partial charge on any atom is 0.0221 e. The fourth-order valence-corrected chi connectivity index (χ4v) is 3.45. The summed E-state index contributed by atoms with van der Waals surface area (Å²) in [4.78, 5) is 0. The molecule has 0 aromatic heterocycles. The van der Waals surface area contributed by atoms with Gasteiger partial charge in [-0.2, -0.15) is 0 Å². The van der Waals surface area contributed by atoms with Gasteiger partial charge in [0.15, 0.2) is 0 Å². The third-order valence-electron chi connectivity index (χ3n) is 2.46. The molecule has 1 aromatic carbocycles. The Hall–Kier alpha value is 0.180. The molecule has 0 fully saturated rings. The largest absolute Gasteiger partial charge is 0.0625 e. The van der Waals surface area contributed by atoms with Crippen molar-refractivity contribution in [2.75, 3.05) is 0 Å².